The maximum absolute atomic E-state index is 11.8. The van der Waals surface area contributed by atoms with Crippen molar-refractivity contribution in [2.75, 3.05) is 33.9 Å². The van der Waals surface area contributed by atoms with Gasteiger partial charge in [-0.1, -0.05) is 0 Å². The van der Waals surface area contributed by atoms with Crippen molar-refractivity contribution < 1.29 is 23.9 Å². The number of nitrogens with one attached hydrogen (secondary N) is 1. The van der Waals surface area contributed by atoms with Gasteiger partial charge in [-0.2, -0.15) is 0 Å². The molecule has 1 fully saturated rings. The van der Waals surface area contributed by atoms with Crippen LogP contribution in [0.4, 0.5) is 0 Å². The van der Waals surface area contributed by atoms with E-state index in [1.165, 1.54) is 10.5 Å². The minimum absolute atomic E-state index is 0.0346. The molecule has 22 heavy (non-hydrogen) atoms. The third-order valence-corrected chi connectivity index (χ3v) is 4.21. The molecule has 1 aliphatic rings. The van der Waals surface area contributed by atoms with Crippen molar-refractivity contribution in [2.45, 2.75) is 26.3 Å². The van der Waals surface area contributed by atoms with Gasteiger partial charge in [0.2, 0.25) is 0 Å². The third kappa shape index (κ3) is 4.13. The van der Waals surface area contributed by atoms with Crippen LogP contribution >= 0.6 is 0 Å². The summed E-state index contributed by atoms with van der Waals surface area (Å²) in [5.41, 5.74) is 1.22. The first kappa shape index (κ1) is 16.6. The SMILES string of the molecule is CCOC(=O)C1CC[NH+](Cc2ccc(OC)c(OC)c2)CC1. The number of hydrogen-bond donors (Lipinski definition) is 1. The maximum Gasteiger partial charge on any atom is 0.309 e. The molecule has 0 aliphatic carbocycles. The number of rotatable bonds is 6. The number of piperidine rings is 1. The van der Waals surface area contributed by atoms with E-state index in [-0.39, 0.29) is 11.9 Å². The zero-order valence-corrected chi connectivity index (χ0v) is 13.7. The van der Waals surface area contributed by atoms with E-state index in [2.05, 4.69) is 6.07 Å². The summed E-state index contributed by atoms with van der Waals surface area (Å²) < 4.78 is 15.7. The molecule has 2 rings (SSSR count). The van der Waals surface area contributed by atoms with E-state index in [9.17, 15) is 4.79 Å². The molecule has 5 heteroatoms. The molecule has 0 radical (unpaired) electrons. The second-order valence-electron chi connectivity index (χ2n) is 5.64. The Morgan fingerprint density at radius 1 is 1.18 bits per heavy atom. The van der Waals surface area contributed by atoms with Gasteiger partial charge in [-0.15, -0.1) is 0 Å². The van der Waals surface area contributed by atoms with Crippen LogP contribution < -0.4 is 14.4 Å². The fraction of sp³-hybridized carbons (Fsp3) is 0.588. The molecule has 0 saturated carbocycles. The van der Waals surface area contributed by atoms with Gasteiger partial charge in [0.15, 0.2) is 11.5 Å². The van der Waals surface area contributed by atoms with Crippen LogP contribution in [0.5, 0.6) is 11.5 Å². The Balaban J connectivity index is 1.89. The van der Waals surface area contributed by atoms with E-state index >= 15 is 0 Å². The van der Waals surface area contributed by atoms with E-state index < -0.39 is 0 Å². The van der Waals surface area contributed by atoms with Gasteiger partial charge < -0.3 is 19.1 Å². The molecule has 1 saturated heterocycles. The summed E-state index contributed by atoms with van der Waals surface area (Å²) >= 11 is 0. The normalized spacial score (nSPS) is 21.2. The highest BCUT2D eigenvalue weighted by molar-refractivity contribution is 5.72. The summed E-state index contributed by atoms with van der Waals surface area (Å²) in [5, 5.41) is 0. The molecular formula is C17H26NO4+. The molecule has 5 nitrogen and oxygen atoms in total. The van der Waals surface area contributed by atoms with Crippen LogP contribution in [-0.4, -0.2) is 39.9 Å². The van der Waals surface area contributed by atoms with E-state index in [1.54, 1.807) is 14.2 Å². The number of esters is 1. The third-order valence-electron chi connectivity index (χ3n) is 4.21. The molecule has 1 aromatic carbocycles. The van der Waals surface area contributed by atoms with Gasteiger partial charge in [-0.3, -0.25) is 4.79 Å². The van der Waals surface area contributed by atoms with Crippen LogP contribution in [0, 0.1) is 5.92 Å². The first-order chi connectivity index (χ1) is 10.7. The van der Waals surface area contributed by atoms with E-state index in [0.29, 0.717) is 6.61 Å². The summed E-state index contributed by atoms with van der Waals surface area (Å²) in [4.78, 5) is 13.2. The molecule has 1 aromatic rings. The second-order valence-corrected chi connectivity index (χ2v) is 5.64. The fourth-order valence-corrected chi connectivity index (χ4v) is 2.98. The quantitative estimate of drug-likeness (QED) is 0.799. The number of hydrogen-bond acceptors (Lipinski definition) is 4. The standard InChI is InChI=1S/C17H25NO4/c1-4-22-17(19)14-7-9-18(10-8-14)12-13-5-6-15(20-2)16(11-13)21-3/h5-6,11,14H,4,7-10,12H2,1-3H3/p+1. The van der Waals surface area contributed by atoms with Crippen LogP contribution in [0.3, 0.4) is 0 Å². The first-order valence-electron chi connectivity index (χ1n) is 7.89. The molecule has 122 valence electrons. The van der Waals surface area contributed by atoms with Gasteiger partial charge in [0, 0.05) is 18.4 Å². The van der Waals surface area contributed by atoms with Gasteiger partial charge in [-0.05, 0) is 25.1 Å². The summed E-state index contributed by atoms with van der Waals surface area (Å²) in [7, 11) is 3.29. The Labute approximate surface area is 132 Å². The van der Waals surface area contributed by atoms with Gasteiger partial charge in [0.25, 0.3) is 0 Å². The smallest absolute Gasteiger partial charge is 0.309 e. The lowest BCUT2D eigenvalue weighted by atomic mass is 9.96. The average molecular weight is 308 g/mol. The van der Waals surface area contributed by atoms with E-state index in [4.69, 9.17) is 14.2 Å². The fourth-order valence-electron chi connectivity index (χ4n) is 2.98. The zero-order chi connectivity index (χ0) is 15.9. The van der Waals surface area contributed by atoms with Gasteiger partial charge >= 0.3 is 5.97 Å². The average Bonchev–Trinajstić information content (AvgIpc) is 2.55. The van der Waals surface area contributed by atoms with Crippen LogP contribution in [0.15, 0.2) is 18.2 Å². The van der Waals surface area contributed by atoms with Crippen molar-refractivity contribution in [3.05, 3.63) is 23.8 Å². The molecule has 0 atom stereocenters. The maximum atomic E-state index is 11.8. The van der Waals surface area contributed by atoms with E-state index in [0.717, 1.165) is 44.0 Å². The molecule has 0 aromatic heterocycles. The Morgan fingerprint density at radius 2 is 1.86 bits per heavy atom. The van der Waals surface area contributed by atoms with Crippen molar-refractivity contribution in [3.8, 4) is 11.5 Å². The van der Waals surface area contributed by atoms with Gasteiger partial charge in [0.1, 0.15) is 6.54 Å². The molecule has 0 amide bonds. The summed E-state index contributed by atoms with van der Waals surface area (Å²) in [6.45, 7) is 5.26. The lowest BCUT2D eigenvalue weighted by Crippen LogP contribution is -3.11. The number of carbonyl (C=O) groups excluding carboxylic acids is 1. The molecular weight excluding hydrogens is 282 g/mol. The van der Waals surface area contributed by atoms with Gasteiger partial charge in [0.05, 0.1) is 39.8 Å². The Hall–Kier alpha value is -1.75. The molecule has 1 heterocycles. The van der Waals surface area contributed by atoms with Crippen molar-refractivity contribution >= 4 is 5.97 Å². The topological polar surface area (TPSA) is 49.2 Å². The molecule has 0 unspecified atom stereocenters. The van der Waals surface area contributed by atoms with Crippen molar-refractivity contribution in [1.29, 1.82) is 0 Å². The number of benzene rings is 1. The zero-order valence-electron chi connectivity index (χ0n) is 13.7. The summed E-state index contributed by atoms with van der Waals surface area (Å²) in [5.74, 6) is 1.56. The summed E-state index contributed by atoms with van der Waals surface area (Å²) in [6, 6.07) is 6.05. The van der Waals surface area contributed by atoms with Crippen molar-refractivity contribution in [1.82, 2.24) is 0 Å². The molecule has 1 aliphatic heterocycles. The second kappa shape index (κ2) is 8.03. The Morgan fingerprint density at radius 3 is 2.45 bits per heavy atom. The number of methoxy groups -OCH3 is 2. The molecule has 0 spiro atoms. The van der Waals surface area contributed by atoms with E-state index in [1.807, 2.05) is 19.1 Å². The van der Waals surface area contributed by atoms with Gasteiger partial charge in [-0.25, -0.2) is 0 Å². The highest BCUT2D eigenvalue weighted by atomic mass is 16.5. The van der Waals surface area contributed by atoms with Crippen LogP contribution in [0.1, 0.15) is 25.3 Å². The lowest BCUT2D eigenvalue weighted by molar-refractivity contribution is -0.919. The highest BCUT2D eigenvalue weighted by Gasteiger charge is 2.28. The first-order valence-corrected chi connectivity index (χ1v) is 7.89. The van der Waals surface area contributed by atoms with Crippen molar-refractivity contribution in [2.24, 2.45) is 5.92 Å². The van der Waals surface area contributed by atoms with Crippen LogP contribution in [0.2, 0.25) is 0 Å². The largest absolute Gasteiger partial charge is 0.493 e. The predicted octanol–water partition coefficient (Wildman–Crippen LogP) is 1.06. The number of likely N-dealkylation sites (tertiary alicyclic amines) is 1. The molecule has 0 bridgehead atoms. The predicted molar refractivity (Wildman–Crippen MR) is 83.3 cm³/mol. The number of carbonyl (C=O) groups is 1. The highest BCUT2D eigenvalue weighted by Crippen LogP contribution is 2.27. The number of ether oxygens (including phenoxy) is 3. The monoisotopic (exact) mass is 308 g/mol. The van der Waals surface area contributed by atoms with Crippen molar-refractivity contribution in [3.63, 3.8) is 0 Å². The number of quaternary nitrogens is 1. The Kier molecular flexibility index (Phi) is 6.07. The lowest BCUT2D eigenvalue weighted by Gasteiger charge is -2.28. The Bertz CT molecular complexity index is 495. The molecule has 1 N–H and O–H groups in total. The minimum Gasteiger partial charge on any atom is -0.493 e. The minimum atomic E-state index is -0.0346. The van der Waals surface area contributed by atoms with Crippen LogP contribution in [0.25, 0.3) is 0 Å². The summed E-state index contributed by atoms with van der Waals surface area (Å²) in [6.07, 6.45) is 1.81. The van der Waals surface area contributed by atoms with Crippen LogP contribution in [-0.2, 0) is 16.1 Å².